The molecule has 0 saturated heterocycles. The summed E-state index contributed by atoms with van der Waals surface area (Å²) in [7, 11) is 0. The summed E-state index contributed by atoms with van der Waals surface area (Å²) in [5.41, 5.74) is 6.36. The lowest BCUT2D eigenvalue weighted by Gasteiger charge is -2.21. The zero-order valence-electron chi connectivity index (χ0n) is 14.9. The molecule has 1 aromatic carbocycles. The van der Waals surface area contributed by atoms with Crippen molar-refractivity contribution in [1.82, 2.24) is 10.7 Å². The van der Waals surface area contributed by atoms with Gasteiger partial charge < -0.3 is 5.32 Å². The summed E-state index contributed by atoms with van der Waals surface area (Å²) in [6.07, 6.45) is 6.35. The lowest BCUT2D eigenvalue weighted by molar-refractivity contribution is -0.119. The second kappa shape index (κ2) is 8.52. The minimum atomic E-state index is -0.0152. The number of carbonyl (C=O) groups is 1. The number of nitrogens with zero attached hydrogens (tertiary/aromatic N) is 2. The highest BCUT2D eigenvalue weighted by Crippen LogP contribution is 2.23. The zero-order valence-corrected chi connectivity index (χ0v) is 15.7. The molecule has 1 fully saturated rings. The fourth-order valence-corrected chi connectivity index (χ4v) is 4.10. The Bertz CT molecular complexity index is 663. The summed E-state index contributed by atoms with van der Waals surface area (Å²) in [5, 5.41) is 8.37. The lowest BCUT2D eigenvalue weighted by Crippen LogP contribution is -2.27. The predicted molar refractivity (Wildman–Crippen MR) is 105 cm³/mol. The molecule has 1 unspecified atom stereocenters. The van der Waals surface area contributed by atoms with Crippen LogP contribution in [0, 0.1) is 0 Å². The Morgan fingerprint density at radius 2 is 2.00 bits per heavy atom. The molecule has 0 aromatic heterocycles. The third-order valence-electron chi connectivity index (χ3n) is 4.67. The summed E-state index contributed by atoms with van der Waals surface area (Å²) in [6.45, 7) is 3.52. The van der Waals surface area contributed by atoms with Crippen molar-refractivity contribution in [3.05, 3.63) is 35.4 Å². The maximum Gasteiger partial charge on any atom is 0.217 e. The molecule has 1 heterocycles. The van der Waals surface area contributed by atoms with Crippen molar-refractivity contribution in [3.8, 4) is 0 Å². The van der Waals surface area contributed by atoms with E-state index in [1.54, 1.807) is 11.8 Å². The number of amides is 1. The molecule has 1 aromatic rings. The molecule has 5 nitrogen and oxygen atoms in total. The van der Waals surface area contributed by atoms with Gasteiger partial charge in [0.05, 0.1) is 17.8 Å². The van der Waals surface area contributed by atoms with Crippen molar-refractivity contribution in [2.24, 2.45) is 10.1 Å². The second-order valence-corrected chi connectivity index (χ2v) is 7.69. The average Bonchev–Trinajstić information content (AvgIpc) is 2.63. The van der Waals surface area contributed by atoms with E-state index < -0.39 is 0 Å². The maximum absolute atomic E-state index is 11.2. The fraction of sp³-hybridized carbons (Fsp3) is 0.526. The highest BCUT2D eigenvalue weighted by Gasteiger charge is 2.17. The van der Waals surface area contributed by atoms with Crippen LogP contribution in [-0.2, 0) is 4.79 Å². The Balaban J connectivity index is 1.61. The normalized spacial score (nSPS) is 21.4. The second-order valence-electron chi connectivity index (χ2n) is 6.73. The highest BCUT2D eigenvalue weighted by atomic mass is 32.2. The number of thioether (sulfide) groups is 1. The Morgan fingerprint density at radius 1 is 1.28 bits per heavy atom. The molecule has 1 aliphatic carbocycles. The standard InChI is InChI=1S/C19H26N4OS/c1-13(20-14(2)24)15-8-10-16(11-9-15)18-12-25-19(23-22-18)21-17-6-4-3-5-7-17/h8-11,13,17H,3-7,12H2,1-2H3,(H,20,24)(H,21,23). The molecule has 3 rings (SSSR count). The Morgan fingerprint density at radius 3 is 2.60 bits per heavy atom. The molecule has 1 aliphatic heterocycles. The Kier molecular flexibility index (Phi) is 6.13. The van der Waals surface area contributed by atoms with Gasteiger partial charge in [-0.25, -0.2) is 0 Å². The monoisotopic (exact) mass is 358 g/mol. The van der Waals surface area contributed by atoms with Crippen LogP contribution in [-0.4, -0.2) is 28.6 Å². The molecule has 2 N–H and O–H groups in total. The largest absolute Gasteiger partial charge is 0.350 e. The van der Waals surface area contributed by atoms with Gasteiger partial charge in [-0.3, -0.25) is 15.2 Å². The van der Waals surface area contributed by atoms with Crippen molar-refractivity contribution in [2.75, 3.05) is 5.75 Å². The molecule has 1 amide bonds. The highest BCUT2D eigenvalue weighted by molar-refractivity contribution is 8.14. The minimum absolute atomic E-state index is 0.0152. The number of carbonyl (C=O) groups excluding carboxylic acids is 1. The smallest absolute Gasteiger partial charge is 0.217 e. The summed E-state index contributed by atoms with van der Waals surface area (Å²) < 4.78 is 0. The zero-order chi connectivity index (χ0) is 17.6. The van der Waals surface area contributed by atoms with Crippen LogP contribution >= 0.6 is 11.8 Å². The van der Waals surface area contributed by atoms with Gasteiger partial charge in [-0.15, -0.1) is 0 Å². The molecule has 134 valence electrons. The van der Waals surface area contributed by atoms with Crippen LogP contribution < -0.4 is 10.7 Å². The molecule has 6 heteroatoms. The van der Waals surface area contributed by atoms with Gasteiger partial charge in [-0.2, -0.15) is 5.10 Å². The Labute approximate surface area is 153 Å². The van der Waals surface area contributed by atoms with Crippen LogP contribution in [0.5, 0.6) is 0 Å². The van der Waals surface area contributed by atoms with Gasteiger partial charge in [-0.1, -0.05) is 55.3 Å². The molecule has 1 atom stereocenters. The van der Waals surface area contributed by atoms with Gasteiger partial charge in [0.25, 0.3) is 0 Å². The lowest BCUT2D eigenvalue weighted by atomic mass is 9.96. The first-order valence-electron chi connectivity index (χ1n) is 9.02. The van der Waals surface area contributed by atoms with Gasteiger partial charge in [0.2, 0.25) is 5.91 Å². The molecular weight excluding hydrogens is 332 g/mol. The number of benzene rings is 1. The van der Waals surface area contributed by atoms with Crippen LogP contribution in [0.25, 0.3) is 0 Å². The van der Waals surface area contributed by atoms with Crippen molar-refractivity contribution in [3.63, 3.8) is 0 Å². The van der Waals surface area contributed by atoms with Gasteiger partial charge in [0, 0.05) is 12.7 Å². The SMILES string of the molecule is CC(=O)NC(C)c1ccc(C2=NNC(=NC3CCCCC3)SC2)cc1. The van der Waals surface area contributed by atoms with Crippen molar-refractivity contribution in [2.45, 2.75) is 58.0 Å². The quantitative estimate of drug-likeness (QED) is 0.864. The molecule has 0 bridgehead atoms. The topological polar surface area (TPSA) is 65.8 Å². The number of aliphatic imine (C=N–C) groups is 1. The minimum Gasteiger partial charge on any atom is -0.350 e. The van der Waals surface area contributed by atoms with E-state index >= 15 is 0 Å². The van der Waals surface area contributed by atoms with Gasteiger partial charge in [0.15, 0.2) is 5.17 Å². The molecule has 0 spiro atoms. The van der Waals surface area contributed by atoms with Gasteiger partial charge in [0.1, 0.15) is 0 Å². The van der Waals surface area contributed by atoms with Gasteiger partial charge in [-0.05, 0) is 30.9 Å². The first-order chi connectivity index (χ1) is 12.1. The summed E-state index contributed by atoms with van der Waals surface area (Å²) in [5.74, 6) is 0.817. The predicted octanol–water partition coefficient (Wildman–Crippen LogP) is 3.61. The summed E-state index contributed by atoms with van der Waals surface area (Å²) >= 11 is 1.73. The molecule has 25 heavy (non-hydrogen) atoms. The van der Waals surface area contributed by atoms with Crippen molar-refractivity contribution < 1.29 is 4.79 Å². The van der Waals surface area contributed by atoms with E-state index in [2.05, 4.69) is 40.1 Å². The number of hydrogen-bond acceptors (Lipinski definition) is 4. The molecule has 0 radical (unpaired) electrons. The third-order valence-corrected chi connectivity index (χ3v) is 5.56. The number of nitrogens with one attached hydrogen (secondary N) is 2. The Hall–Kier alpha value is -1.82. The number of amidine groups is 1. The van der Waals surface area contributed by atoms with Crippen LogP contribution in [0.15, 0.2) is 34.4 Å². The first-order valence-corrected chi connectivity index (χ1v) is 10.0. The average molecular weight is 359 g/mol. The summed E-state index contributed by atoms with van der Waals surface area (Å²) in [4.78, 5) is 16.0. The van der Waals surface area contributed by atoms with Crippen molar-refractivity contribution >= 4 is 28.5 Å². The molecular formula is C19H26N4OS. The number of hydrazone groups is 1. The van der Waals surface area contributed by atoms with E-state index in [0.717, 1.165) is 27.8 Å². The van der Waals surface area contributed by atoms with Crippen LogP contribution in [0.3, 0.4) is 0 Å². The van der Waals surface area contributed by atoms with E-state index in [9.17, 15) is 4.79 Å². The van der Waals surface area contributed by atoms with E-state index in [0.29, 0.717) is 6.04 Å². The number of rotatable bonds is 4. The maximum atomic E-state index is 11.2. The van der Waals surface area contributed by atoms with E-state index in [1.807, 2.05) is 6.92 Å². The molecule has 2 aliphatic rings. The van der Waals surface area contributed by atoms with E-state index in [-0.39, 0.29) is 11.9 Å². The molecule has 1 saturated carbocycles. The van der Waals surface area contributed by atoms with Crippen molar-refractivity contribution in [1.29, 1.82) is 0 Å². The van der Waals surface area contributed by atoms with Crippen LogP contribution in [0.4, 0.5) is 0 Å². The third kappa shape index (κ3) is 5.08. The van der Waals surface area contributed by atoms with Crippen LogP contribution in [0.1, 0.15) is 63.1 Å². The summed E-state index contributed by atoms with van der Waals surface area (Å²) in [6, 6.07) is 8.72. The first kappa shape index (κ1) is 18.0. The van der Waals surface area contributed by atoms with E-state index in [4.69, 9.17) is 4.99 Å². The fourth-order valence-electron chi connectivity index (χ4n) is 3.26. The number of hydrogen-bond donors (Lipinski definition) is 2. The van der Waals surface area contributed by atoms with Crippen LogP contribution in [0.2, 0.25) is 0 Å². The van der Waals surface area contributed by atoms with E-state index in [1.165, 1.54) is 39.0 Å². The van der Waals surface area contributed by atoms with Gasteiger partial charge >= 0.3 is 0 Å².